The Kier molecular flexibility index (Phi) is 6.45. The summed E-state index contributed by atoms with van der Waals surface area (Å²) in [5, 5.41) is 8.79. The first-order valence-electron chi connectivity index (χ1n) is 8.76. The highest BCUT2D eigenvalue weighted by molar-refractivity contribution is 7.80. The first-order valence-corrected chi connectivity index (χ1v) is 9.54. The van der Waals surface area contributed by atoms with Crippen molar-refractivity contribution in [3.63, 3.8) is 0 Å². The number of nitrogens with one attached hydrogen (secondary N) is 1. The third kappa shape index (κ3) is 4.72. The molecule has 0 saturated carbocycles. The zero-order valence-electron chi connectivity index (χ0n) is 14.8. The lowest BCUT2D eigenvalue weighted by Gasteiger charge is -2.36. The first-order chi connectivity index (χ1) is 12.6. The van der Waals surface area contributed by atoms with Gasteiger partial charge < -0.3 is 10.2 Å². The summed E-state index contributed by atoms with van der Waals surface area (Å²) >= 11 is 11.6. The highest BCUT2D eigenvalue weighted by Crippen LogP contribution is 2.21. The topological polar surface area (TPSA) is 36.3 Å². The number of hydrogen-bond acceptors (Lipinski definition) is 3. The van der Waals surface area contributed by atoms with Gasteiger partial charge in [0.15, 0.2) is 5.11 Å². The predicted octanol–water partition coefficient (Wildman–Crippen LogP) is 2.89. The van der Waals surface area contributed by atoms with Crippen LogP contribution in [0.1, 0.15) is 18.1 Å². The van der Waals surface area contributed by atoms with Gasteiger partial charge in [-0.05, 0) is 31.3 Å². The zero-order valence-corrected chi connectivity index (χ0v) is 16.4. The number of aryl methyl sites for hydroxylation is 1. The Hall–Kier alpha value is -1.70. The van der Waals surface area contributed by atoms with Gasteiger partial charge in [-0.3, -0.25) is 9.58 Å². The molecular weight excluding hydrogens is 373 g/mol. The quantitative estimate of drug-likeness (QED) is 0.788. The molecule has 26 heavy (non-hydrogen) atoms. The van der Waals surface area contributed by atoms with Gasteiger partial charge in [0.2, 0.25) is 0 Å². The normalized spacial score (nSPS) is 15.3. The van der Waals surface area contributed by atoms with E-state index in [1.807, 2.05) is 17.1 Å². The average molecular weight is 396 g/mol. The van der Waals surface area contributed by atoms with Gasteiger partial charge in [0.05, 0.1) is 6.20 Å². The number of benzene rings is 1. The van der Waals surface area contributed by atoms with E-state index in [1.165, 1.54) is 6.07 Å². The van der Waals surface area contributed by atoms with E-state index in [4.69, 9.17) is 23.8 Å². The van der Waals surface area contributed by atoms with E-state index >= 15 is 0 Å². The van der Waals surface area contributed by atoms with Crippen molar-refractivity contribution in [2.75, 3.05) is 26.2 Å². The third-order valence-corrected chi connectivity index (χ3v) is 5.31. The molecule has 1 aliphatic heterocycles. The zero-order chi connectivity index (χ0) is 18.5. The lowest BCUT2D eigenvalue weighted by molar-refractivity contribution is 0.173. The molecule has 2 heterocycles. The molecule has 0 spiro atoms. The highest BCUT2D eigenvalue weighted by Gasteiger charge is 2.20. The maximum Gasteiger partial charge on any atom is 0.169 e. The van der Waals surface area contributed by atoms with Crippen LogP contribution in [-0.4, -0.2) is 50.9 Å². The fraction of sp³-hybridized carbons (Fsp3) is 0.444. The number of halogens is 2. The summed E-state index contributed by atoms with van der Waals surface area (Å²) in [6.45, 7) is 7.37. The molecule has 1 N–H and O–H groups in total. The summed E-state index contributed by atoms with van der Waals surface area (Å²) in [5.74, 6) is -0.246. The fourth-order valence-electron chi connectivity index (χ4n) is 2.98. The molecule has 1 aromatic carbocycles. The third-order valence-electron chi connectivity index (χ3n) is 4.56. The fourth-order valence-corrected chi connectivity index (χ4v) is 3.45. The van der Waals surface area contributed by atoms with Gasteiger partial charge in [-0.1, -0.05) is 17.7 Å². The average Bonchev–Trinajstić information content (AvgIpc) is 3.11. The van der Waals surface area contributed by atoms with Crippen molar-refractivity contribution in [3.8, 4) is 0 Å². The lowest BCUT2D eigenvalue weighted by Crippen LogP contribution is -2.51. The van der Waals surface area contributed by atoms with Gasteiger partial charge in [-0.25, -0.2) is 4.39 Å². The van der Waals surface area contributed by atoms with Crippen LogP contribution in [0.25, 0.3) is 0 Å². The Morgan fingerprint density at radius 1 is 1.31 bits per heavy atom. The molecule has 5 nitrogen and oxygen atoms in total. The Balaban J connectivity index is 1.46. The van der Waals surface area contributed by atoms with Gasteiger partial charge in [0.25, 0.3) is 0 Å². The minimum atomic E-state index is -0.246. The summed E-state index contributed by atoms with van der Waals surface area (Å²) in [7, 11) is 0. The SMILES string of the molecule is CCn1cc(CNC(=S)N2CCN(Cc3c(F)cccc3Cl)CC2)cn1. The molecule has 0 atom stereocenters. The Labute approximate surface area is 163 Å². The minimum absolute atomic E-state index is 0.246. The maximum atomic E-state index is 13.9. The van der Waals surface area contributed by atoms with Crippen LogP contribution in [0.3, 0.4) is 0 Å². The van der Waals surface area contributed by atoms with E-state index < -0.39 is 0 Å². The van der Waals surface area contributed by atoms with Crippen molar-refractivity contribution in [3.05, 3.63) is 52.6 Å². The van der Waals surface area contributed by atoms with Crippen molar-refractivity contribution >= 4 is 28.9 Å². The first kappa shape index (κ1) is 19.1. The van der Waals surface area contributed by atoms with Crippen LogP contribution in [-0.2, 0) is 19.6 Å². The van der Waals surface area contributed by atoms with Crippen LogP contribution in [0.4, 0.5) is 4.39 Å². The second-order valence-electron chi connectivity index (χ2n) is 6.33. The summed E-state index contributed by atoms with van der Waals surface area (Å²) in [6, 6.07) is 4.82. The Bertz CT molecular complexity index is 738. The molecule has 0 bridgehead atoms. The van der Waals surface area contributed by atoms with Crippen molar-refractivity contribution in [2.45, 2.75) is 26.6 Å². The van der Waals surface area contributed by atoms with Gasteiger partial charge in [-0.15, -0.1) is 0 Å². The molecule has 0 radical (unpaired) electrons. The Morgan fingerprint density at radius 3 is 2.73 bits per heavy atom. The molecule has 1 aromatic heterocycles. The molecule has 3 rings (SSSR count). The van der Waals surface area contributed by atoms with Crippen molar-refractivity contribution in [1.29, 1.82) is 0 Å². The second-order valence-corrected chi connectivity index (χ2v) is 7.12. The van der Waals surface area contributed by atoms with Gasteiger partial charge in [0, 0.05) is 68.2 Å². The number of thiocarbonyl (C=S) groups is 1. The van der Waals surface area contributed by atoms with Crippen molar-refractivity contribution in [2.24, 2.45) is 0 Å². The largest absolute Gasteiger partial charge is 0.358 e. The molecule has 8 heteroatoms. The summed E-state index contributed by atoms with van der Waals surface area (Å²) in [6.07, 6.45) is 3.88. The Morgan fingerprint density at radius 2 is 2.08 bits per heavy atom. The number of piperazine rings is 1. The monoisotopic (exact) mass is 395 g/mol. The molecule has 0 amide bonds. The second kappa shape index (κ2) is 8.79. The summed E-state index contributed by atoms with van der Waals surface area (Å²) < 4.78 is 15.8. The van der Waals surface area contributed by atoms with E-state index in [0.717, 1.165) is 43.4 Å². The molecule has 2 aromatic rings. The van der Waals surface area contributed by atoms with E-state index in [-0.39, 0.29) is 5.82 Å². The van der Waals surface area contributed by atoms with Crippen LogP contribution in [0.5, 0.6) is 0 Å². The molecule has 1 saturated heterocycles. The van der Waals surface area contributed by atoms with Crippen LogP contribution >= 0.6 is 23.8 Å². The van der Waals surface area contributed by atoms with Gasteiger partial charge >= 0.3 is 0 Å². The maximum absolute atomic E-state index is 13.9. The smallest absolute Gasteiger partial charge is 0.169 e. The van der Waals surface area contributed by atoms with E-state index in [9.17, 15) is 4.39 Å². The van der Waals surface area contributed by atoms with E-state index in [0.29, 0.717) is 23.7 Å². The predicted molar refractivity (Wildman–Crippen MR) is 106 cm³/mol. The number of aromatic nitrogens is 2. The van der Waals surface area contributed by atoms with Crippen LogP contribution in [0.2, 0.25) is 5.02 Å². The molecule has 1 aliphatic rings. The standard InChI is InChI=1S/C18H23ClFN5S/c1-2-25-12-14(11-22-25)10-21-18(26)24-8-6-23(7-9-24)13-15-16(19)4-3-5-17(15)20/h3-5,11-12H,2,6-10,13H2,1H3,(H,21,26). The number of nitrogens with zero attached hydrogens (tertiary/aromatic N) is 4. The van der Waals surface area contributed by atoms with Crippen LogP contribution in [0.15, 0.2) is 30.6 Å². The van der Waals surface area contributed by atoms with Gasteiger partial charge in [0.1, 0.15) is 5.82 Å². The van der Waals surface area contributed by atoms with Gasteiger partial charge in [-0.2, -0.15) is 5.10 Å². The molecule has 0 unspecified atom stereocenters. The van der Waals surface area contributed by atoms with E-state index in [1.54, 1.807) is 12.1 Å². The van der Waals surface area contributed by atoms with E-state index in [2.05, 4.69) is 27.1 Å². The van der Waals surface area contributed by atoms with Crippen molar-refractivity contribution < 1.29 is 4.39 Å². The number of rotatable bonds is 5. The summed E-state index contributed by atoms with van der Waals surface area (Å²) in [4.78, 5) is 4.35. The lowest BCUT2D eigenvalue weighted by atomic mass is 10.2. The minimum Gasteiger partial charge on any atom is -0.358 e. The summed E-state index contributed by atoms with van der Waals surface area (Å²) in [5.41, 5.74) is 1.68. The molecular formula is C18H23ClFN5S. The van der Waals surface area contributed by atoms with Crippen LogP contribution in [0, 0.1) is 5.82 Å². The molecule has 0 aliphatic carbocycles. The molecule has 1 fully saturated rings. The highest BCUT2D eigenvalue weighted by atomic mass is 35.5. The van der Waals surface area contributed by atoms with Crippen molar-refractivity contribution in [1.82, 2.24) is 24.9 Å². The number of hydrogen-bond donors (Lipinski definition) is 1. The van der Waals surface area contributed by atoms with Crippen LogP contribution < -0.4 is 5.32 Å². The molecule has 140 valence electrons.